The molecule has 242 valence electrons. The van der Waals surface area contributed by atoms with Crippen molar-refractivity contribution in [3.63, 3.8) is 0 Å². The summed E-state index contributed by atoms with van der Waals surface area (Å²) in [5.74, 6) is -1.25. The number of halogens is 3. The van der Waals surface area contributed by atoms with Gasteiger partial charge in [-0.15, -0.1) is 34.7 Å². The van der Waals surface area contributed by atoms with E-state index in [1.54, 1.807) is 52.0 Å². The van der Waals surface area contributed by atoms with Crippen LogP contribution in [0.3, 0.4) is 0 Å². The molecule has 0 bridgehead atoms. The third kappa shape index (κ3) is 7.06. The fourth-order valence-electron chi connectivity index (χ4n) is 5.05. The van der Waals surface area contributed by atoms with Crippen LogP contribution in [0, 0.1) is 20.8 Å². The maximum atomic E-state index is 13.4. The third-order valence-corrected chi connectivity index (χ3v) is 8.22. The van der Waals surface area contributed by atoms with Crippen molar-refractivity contribution in [2.75, 3.05) is 6.61 Å². The molecule has 5 rings (SSSR count). The molecule has 2 aromatic heterocycles. The molecule has 14 heteroatoms. The van der Waals surface area contributed by atoms with E-state index in [-0.39, 0.29) is 17.7 Å². The lowest BCUT2D eigenvalue weighted by Gasteiger charge is -2.20. The topological polar surface area (TPSA) is 125 Å². The minimum atomic E-state index is -4.99. The van der Waals surface area contributed by atoms with Gasteiger partial charge in [-0.3, -0.25) is 14.4 Å². The number of carbonyl (C=O) groups is 2. The summed E-state index contributed by atoms with van der Waals surface area (Å²) < 4.78 is 57.1. The Balaban J connectivity index is 1.52. The highest BCUT2D eigenvalue weighted by molar-refractivity contribution is 7.15. The molecule has 1 aliphatic rings. The molecule has 0 saturated carbocycles. The van der Waals surface area contributed by atoms with E-state index in [0.717, 1.165) is 27.1 Å². The quantitative estimate of drug-likeness (QED) is 0.203. The fourth-order valence-corrected chi connectivity index (χ4v) is 6.27. The van der Waals surface area contributed by atoms with Crippen molar-refractivity contribution in [1.29, 1.82) is 0 Å². The van der Waals surface area contributed by atoms with Gasteiger partial charge in [0.2, 0.25) is 0 Å². The highest BCUT2D eigenvalue weighted by Crippen LogP contribution is 2.41. The Kier molecular flexibility index (Phi) is 8.69. The van der Waals surface area contributed by atoms with E-state index in [1.165, 1.54) is 23.5 Å². The molecule has 0 spiro atoms. The zero-order valence-electron chi connectivity index (χ0n) is 25.9. The number of hydrogen-bond donors (Lipinski definition) is 1. The maximum Gasteiger partial charge on any atom is 0.573 e. The van der Waals surface area contributed by atoms with E-state index in [9.17, 15) is 27.9 Å². The number of ether oxygens (including phenoxy) is 3. The Bertz CT molecular complexity index is 1840. The number of alkyl halides is 3. The van der Waals surface area contributed by atoms with E-state index < -0.39 is 42.3 Å². The summed E-state index contributed by atoms with van der Waals surface area (Å²) in [5.41, 5.74) is 2.72. The number of aliphatic imine (C=N–C) groups is 1. The number of aromatic nitrogens is 3. The van der Waals surface area contributed by atoms with E-state index >= 15 is 0 Å². The minimum Gasteiger partial charge on any atom is -0.482 e. The molecule has 0 radical (unpaired) electrons. The fraction of sp³-hybridized carbons (Fsp3) is 0.344. The summed E-state index contributed by atoms with van der Waals surface area (Å²) in [6.45, 7) is 10.3. The van der Waals surface area contributed by atoms with Crippen LogP contribution in [0.15, 0.2) is 47.5 Å². The Morgan fingerprint density at radius 2 is 1.67 bits per heavy atom. The molecule has 0 aliphatic carbocycles. The standard InChI is InChI=1S/C32H31F3N4O6S/c1-16-17(2)46-30-27(16)28(36-23(14-25(40)41)29-38-37-18(3)39(29)30)20-9-7-19(8-10-20)22-12-11-21(13-24(22)44-32(33,34)35)43-15-26(42)45-31(4,5)6/h7-13,23H,14-15H2,1-6H3,(H,40,41)/t23-/m0/s1. The van der Waals surface area contributed by atoms with Gasteiger partial charge >= 0.3 is 18.3 Å². The molecule has 0 saturated heterocycles. The Morgan fingerprint density at radius 3 is 2.30 bits per heavy atom. The number of benzene rings is 2. The highest BCUT2D eigenvalue weighted by atomic mass is 32.1. The number of thiophene rings is 1. The minimum absolute atomic E-state index is 0.0131. The SMILES string of the molecule is Cc1sc2c(c1C)C(c1ccc(-c3ccc(OCC(=O)OC(C)(C)C)cc3OC(F)(F)F)cc1)=N[C@@H](CC(=O)O)c1nnc(C)n1-2. The number of carboxylic acid groups (broad SMARTS) is 1. The summed E-state index contributed by atoms with van der Waals surface area (Å²) in [6, 6.07) is 9.78. The van der Waals surface area contributed by atoms with Gasteiger partial charge in [0.1, 0.15) is 34.0 Å². The molecule has 1 aliphatic heterocycles. The van der Waals surface area contributed by atoms with E-state index in [2.05, 4.69) is 14.9 Å². The molecule has 10 nitrogen and oxygen atoms in total. The Hall–Kier alpha value is -4.72. The van der Waals surface area contributed by atoms with Crippen LogP contribution >= 0.6 is 11.3 Å². The summed E-state index contributed by atoms with van der Waals surface area (Å²) >= 11 is 1.52. The zero-order chi connectivity index (χ0) is 33.6. The van der Waals surface area contributed by atoms with Crippen LogP contribution in [0.1, 0.15) is 66.5 Å². The summed E-state index contributed by atoms with van der Waals surface area (Å²) in [6.07, 6.45) is -5.30. The van der Waals surface area contributed by atoms with Gasteiger partial charge < -0.3 is 19.3 Å². The van der Waals surface area contributed by atoms with Crippen LogP contribution in [-0.4, -0.2) is 56.1 Å². The molecular weight excluding hydrogens is 625 g/mol. The molecule has 3 heterocycles. The van der Waals surface area contributed by atoms with Gasteiger partial charge in [-0.2, -0.15) is 0 Å². The number of esters is 1. The zero-order valence-corrected chi connectivity index (χ0v) is 26.7. The van der Waals surface area contributed by atoms with Crippen molar-refractivity contribution in [3.05, 3.63) is 75.7 Å². The highest BCUT2D eigenvalue weighted by Gasteiger charge is 2.34. The molecule has 0 fully saturated rings. The first-order valence-corrected chi connectivity index (χ1v) is 15.0. The average Bonchev–Trinajstić information content (AvgIpc) is 3.42. The number of rotatable bonds is 8. The van der Waals surface area contributed by atoms with Gasteiger partial charge in [-0.25, -0.2) is 4.79 Å². The van der Waals surface area contributed by atoms with Crippen LogP contribution in [-0.2, 0) is 14.3 Å². The van der Waals surface area contributed by atoms with E-state index in [0.29, 0.717) is 28.5 Å². The van der Waals surface area contributed by atoms with Gasteiger partial charge in [0.15, 0.2) is 12.4 Å². The van der Waals surface area contributed by atoms with E-state index in [1.807, 2.05) is 18.4 Å². The second kappa shape index (κ2) is 12.2. The first-order valence-electron chi connectivity index (χ1n) is 14.2. The Labute approximate surface area is 266 Å². The van der Waals surface area contributed by atoms with Crippen LogP contribution in [0.5, 0.6) is 11.5 Å². The van der Waals surface area contributed by atoms with Crippen molar-refractivity contribution in [3.8, 4) is 27.6 Å². The van der Waals surface area contributed by atoms with Gasteiger partial charge in [-0.05, 0) is 64.8 Å². The van der Waals surface area contributed by atoms with Gasteiger partial charge in [-0.1, -0.05) is 24.3 Å². The normalized spacial score (nSPS) is 14.5. The average molecular weight is 657 g/mol. The molecule has 1 N–H and O–H groups in total. The number of fused-ring (bicyclic) bond motifs is 3. The summed E-state index contributed by atoms with van der Waals surface area (Å²) in [4.78, 5) is 29.8. The first kappa shape index (κ1) is 32.7. The lowest BCUT2D eigenvalue weighted by atomic mass is 9.96. The molecule has 0 amide bonds. The van der Waals surface area contributed by atoms with Gasteiger partial charge in [0, 0.05) is 27.6 Å². The van der Waals surface area contributed by atoms with Gasteiger partial charge in [0.25, 0.3) is 0 Å². The lowest BCUT2D eigenvalue weighted by Crippen LogP contribution is -2.27. The largest absolute Gasteiger partial charge is 0.573 e. The van der Waals surface area contributed by atoms with Crippen LogP contribution in [0.25, 0.3) is 16.1 Å². The monoisotopic (exact) mass is 656 g/mol. The van der Waals surface area contributed by atoms with Crippen molar-refractivity contribution in [2.45, 2.75) is 66.0 Å². The number of carboxylic acids is 1. The van der Waals surface area contributed by atoms with Crippen molar-refractivity contribution in [1.82, 2.24) is 14.8 Å². The van der Waals surface area contributed by atoms with E-state index in [4.69, 9.17) is 14.5 Å². The number of hydrogen-bond acceptors (Lipinski definition) is 9. The molecule has 1 atom stereocenters. The van der Waals surface area contributed by atoms with Crippen LogP contribution < -0.4 is 9.47 Å². The van der Waals surface area contributed by atoms with Crippen molar-refractivity contribution >= 4 is 29.0 Å². The summed E-state index contributed by atoms with van der Waals surface area (Å²) in [5, 5.41) is 18.9. The van der Waals surface area contributed by atoms with Crippen LogP contribution in [0.4, 0.5) is 13.2 Å². The smallest absolute Gasteiger partial charge is 0.482 e. The summed E-state index contributed by atoms with van der Waals surface area (Å²) in [7, 11) is 0. The first-order chi connectivity index (χ1) is 21.5. The molecule has 4 aromatic rings. The van der Waals surface area contributed by atoms with Crippen molar-refractivity contribution < 1.29 is 42.1 Å². The second-order valence-electron chi connectivity index (χ2n) is 11.7. The maximum absolute atomic E-state index is 13.4. The molecule has 46 heavy (non-hydrogen) atoms. The number of nitrogens with zero attached hydrogens (tertiary/aromatic N) is 4. The lowest BCUT2D eigenvalue weighted by molar-refractivity contribution is -0.274. The molecule has 0 unspecified atom stereocenters. The second-order valence-corrected chi connectivity index (χ2v) is 12.9. The Morgan fingerprint density at radius 1 is 1.00 bits per heavy atom. The van der Waals surface area contributed by atoms with Crippen molar-refractivity contribution in [2.24, 2.45) is 4.99 Å². The molecular formula is C32H31F3N4O6S. The number of carbonyl (C=O) groups excluding carboxylic acids is 1. The number of aliphatic carboxylic acids is 1. The molecule has 2 aromatic carbocycles. The van der Waals surface area contributed by atoms with Crippen LogP contribution in [0.2, 0.25) is 0 Å². The van der Waals surface area contributed by atoms with Gasteiger partial charge in [0.05, 0.1) is 12.1 Å². The third-order valence-electron chi connectivity index (χ3n) is 7.03. The predicted molar refractivity (Wildman–Crippen MR) is 164 cm³/mol. The number of aryl methyl sites for hydroxylation is 2. The predicted octanol–water partition coefficient (Wildman–Crippen LogP) is 6.91.